The summed E-state index contributed by atoms with van der Waals surface area (Å²) < 4.78 is 15.9. The first kappa shape index (κ1) is 17.3. The molecule has 0 bridgehead atoms. The van der Waals surface area contributed by atoms with Crippen molar-refractivity contribution < 1.29 is 19.0 Å². The van der Waals surface area contributed by atoms with Crippen LogP contribution >= 0.6 is 0 Å². The SMILES string of the molecule is C#CCOc1cc(OCC(=O)OCC)ccc1-c1nc2ccncc2[nH]1. The third-order valence-corrected chi connectivity index (χ3v) is 3.46. The van der Waals surface area contributed by atoms with E-state index in [0.717, 1.165) is 16.6 Å². The van der Waals surface area contributed by atoms with Crippen molar-refractivity contribution in [1.82, 2.24) is 15.0 Å². The highest BCUT2D eigenvalue weighted by Gasteiger charge is 2.13. The van der Waals surface area contributed by atoms with Crippen LogP contribution in [-0.4, -0.2) is 40.7 Å². The molecule has 7 nitrogen and oxygen atoms in total. The highest BCUT2D eigenvalue weighted by molar-refractivity contribution is 5.80. The van der Waals surface area contributed by atoms with Crippen molar-refractivity contribution in [3.63, 3.8) is 0 Å². The molecule has 0 aliphatic rings. The number of terminal acetylenes is 1. The van der Waals surface area contributed by atoms with Gasteiger partial charge in [0.1, 0.15) is 23.9 Å². The second-order valence-corrected chi connectivity index (χ2v) is 5.22. The maximum absolute atomic E-state index is 11.4. The Bertz CT molecular complexity index is 926. The summed E-state index contributed by atoms with van der Waals surface area (Å²) >= 11 is 0. The van der Waals surface area contributed by atoms with Crippen molar-refractivity contribution in [3.05, 3.63) is 36.7 Å². The molecule has 0 atom stereocenters. The summed E-state index contributed by atoms with van der Waals surface area (Å²) in [7, 11) is 0. The lowest BCUT2D eigenvalue weighted by Crippen LogP contribution is -2.14. The van der Waals surface area contributed by atoms with E-state index in [-0.39, 0.29) is 13.2 Å². The minimum absolute atomic E-state index is 0.0934. The Labute approximate surface area is 150 Å². The van der Waals surface area contributed by atoms with E-state index >= 15 is 0 Å². The van der Waals surface area contributed by atoms with Crippen LogP contribution in [0.15, 0.2) is 36.7 Å². The molecular formula is C19H17N3O4. The number of hydrogen-bond donors (Lipinski definition) is 1. The monoisotopic (exact) mass is 351 g/mol. The summed E-state index contributed by atoms with van der Waals surface area (Å²) in [5.74, 6) is 3.58. The lowest BCUT2D eigenvalue weighted by Gasteiger charge is -2.11. The molecule has 132 valence electrons. The Balaban J connectivity index is 1.89. The number of ether oxygens (including phenoxy) is 3. The van der Waals surface area contributed by atoms with Gasteiger partial charge in [-0.3, -0.25) is 4.98 Å². The van der Waals surface area contributed by atoms with Crippen LogP contribution in [-0.2, 0) is 9.53 Å². The number of esters is 1. The summed E-state index contributed by atoms with van der Waals surface area (Å²) in [4.78, 5) is 23.2. The molecule has 0 aliphatic carbocycles. The summed E-state index contributed by atoms with van der Waals surface area (Å²) in [5, 5.41) is 0. The van der Waals surface area contributed by atoms with Crippen LogP contribution < -0.4 is 9.47 Å². The summed E-state index contributed by atoms with van der Waals surface area (Å²) in [5.41, 5.74) is 2.33. The Morgan fingerprint density at radius 3 is 2.96 bits per heavy atom. The predicted octanol–water partition coefficient (Wildman–Crippen LogP) is 2.58. The van der Waals surface area contributed by atoms with E-state index in [2.05, 4.69) is 20.9 Å². The largest absolute Gasteiger partial charge is 0.482 e. The van der Waals surface area contributed by atoms with Crippen LogP contribution in [0.3, 0.4) is 0 Å². The van der Waals surface area contributed by atoms with Crippen molar-refractivity contribution in [2.45, 2.75) is 6.92 Å². The normalized spacial score (nSPS) is 10.3. The molecule has 0 radical (unpaired) electrons. The minimum atomic E-state index is -0.438. The quantitative estimate of drug-likeness (QED) is 0.520. The number of pyridine rings is 1. The summed E-state index contributed by atoms with van der Waals surface area (Å²) in [6, 6.07) is 6.99. The third kappa shape index (κ3) is 3.92. The number of rotatable bonds is 7. The number of nitrogens with one attached hydrogen (secondary N) is 1. The molecule has 0 spiro atoms. The number of aromatic nitrogens is 3. The lowest BCUT2D eigenvalue weighted by atomic mass is 10.2. The van der Waals surface area contributed by atoms with Crippen molar-refractivity contribution in [2.24, 2.45) is 0 Å². The second-order valence-electron chi connectivity index (χ2n) is 5.22. The van der Waals surface area contributed by atoms with Crippen LogP contribution in [0, 0.1) is 12.3 Å². The number of hydrogen-bond acceptors (Lipinski definition) is 6. The lowest BCUT2D eigenvalue weighted by molar-refractivity contribution is -0.145. The van der Waals surface area contributed by atoms with Gasteiger partial charge in [-0.1, -0.05) is 5.92 Å². The van der Waals surface area contributed by atoms with Crippen LogP contribution in [0.1, 0.15) is 6.92 Å². The number of aromatic amines is 1. The van der Waals surface area contributed by atoms with Crippen LogP contribution in [0.5, 0.6) is 11.5 Å². The van der Waals surface area contributed by atoms with E-state index in [1.807, 2.05) is 6.07 Å². The minimum Gasteiger partial charge on any atom is -0.482 e. The van der Waals surface area contributed by atoms with Crippen molar-refractivity contribution >= 4 is 17.0 Å². The number of imidazole rings is 1. The fourth-order valence-electron chi connectivity index (χ4n) is 2.36. The average Bonchev–Trinajstić information content (AvgIpc) is 3.09. The first-order valence-corrected chi connectivity index (χ1v) is 8.00. The molecule has 0 fully saturated rings. The molecule has 0 saturated carbocycles. The fourth-order valence-corrected chi connectivity index (χ4v) is 2.36. The van der Waals surface area contributed by atoms with E-state index in [0.29, 0.717) is 23.9 Å². The zero-order valence-corrected chi connectivity index (χ0v) is 14.2. The van der Waals surface area contributed by atoms with Crippen LogP contribution in [0.25, 0.3) is 22.4 Å². The third-order valence-electron chi connectivity index (χ3n) is 3.46. The Kier molecular flexibility index (Phi) is 5.34. The first-order chi connectivity index (χ1) is 12.7. The van der Waals surface area contributed by atoms with Crippen LogP contribution in [0.2, 0.25) is 0 Å². The fraction of sp³-hybridized carbons (Fsp3) is 0.211. The second kappa shape index (κ2) is 8.03. The molecular weight excluding hydrogens is 334 g/mol. The number of nitrogens with zero attached hydrogens (tertiary/aromatic N) is 2. The molecule has 3 aromatic rings. The molecule has 2 aromatic heterocycles. The Hall–Kier alpha value is -3.53. The van der Waals surface area contributed by atoms with Gasteiger partial charge in [-0.2, -0.15) is 0 Å². The highest BCUT2D eigenvalue weighted by Crippen LogP contribution is 2.33. The van der Waals surface area contributed by atoms with Gasteiger partial charge in [0.25, 0.3) is 0 Å². The van der Waals surface area contributed by atoms with Crippen LogP contribution in [0.4, 0.5) is 0 Å². The summed E-state index contributed by atoms with van der Waals surface area (Å²) in [6.45, 7) is 1.95. The molecule has 1 aromatic carbocycles. The van der Waals surface area contributed by atoms with E-state index in [1.54, 1.807) is 37.5 Å². The molecule has 3 rings (SSSR count). The zero-order valence-electron chi connectivity index (χ0n) is 14.2. The average molecular weight is 351 g/mol. The maximum Gasteiger partial charge on any atom is 0.344 e. The maximum atomic E-state index is 11.4. The van der Waals surface area contributed by atoms with E-state index in [9.17, 15) is 4.79 Å². The van der Waals surface area contributed by atoms with Crippen molar-refractivity contribution in [3.8, 4) is 35.2 Å². The highest BCUT2D eigenvalue weighted by atomic mass is 16.6. The molecule has 1 N–H and O–H groups in total. The van der Waals surface area contributed by atoms with E-state index in [4.69, 9.17) is 20.6 Å². The standard InChI is InChI=1S/C19H17N3O4/c1-3-9-25-17-10-13(26-12-18(23)24-4-2)5-6-14(17)19-21-15-7-8-20-11-16(15)22-19/h1,5-8,10-11H,4,9,12H2,2H3,(H,21,22). The molecule has 7 heteroatoms. The smallest absolute Gasteiger partial charge is 0.344 e. The van der Waals surface area contributed by atoms with E-state index in [1.165, 1.54) is 0 Å². The zero-order chi connectivity index (χ0) is 18.4. The molecule has 26 heavy (non-hydrogen) atoms. The van der Waals surface area contributed by atoms with Gasteiger partial charge >= 0.3 is 5.97 Å². The topological polar surface area (TPSA) is 86.3 Å². The number of carbonyl (C=O) groups excluding carboxylic acids is 1. The predicted molar refractivity (Wildman–Crippen MR) is 95.8 cm³/mol. The number of carbonyl (C=O) groups is 1. The van der Waals surface area contributed by atoms with E-state index < -0.39 is 5.97 Å². The van der Waals surface area contributed by atoms with Gasteiger partial charge in [-0.25, -0.2) is 9.78 Å². The van der Waals surface area contributed by atoms with Crippen molar-refractivity contribution in [2.75, 3.05) is 19.8 Å². The Morgan fingerprint density at radius 2 is 2.19 bits per heavy atom. The first-order valence-electron chi connectivity index (χ1n) is 8.00. The number of H-pyrrole nitrogens is 1. The van der Waals surface area contributed by atoms with Gasteiger partial charge in [0, 0.05) is 12.3 Å². The number of fused-ring (bicyclic) bond motifs is 1. The van der Waals surface area contributed by atoms with Gasteiger partial charge < -0.3 is 19.2 Å². The molecule has 0 unspecified atom stereocenters. The van der Waals surface area contributed by atoms with Gasteiger partial charge in [-0.05, 0) is 25.1 Å². The molecule has 0 saturated heterocycles. The number of benzene rings is 1. The van der Waals surface area contributed by atoms with Gasteiger partial charge in [-0.15, -0.1) is 6.42 Å². The Morgan fingerprint density at radius 1 is 1.31 bits per heavy atom. The molecule has 0 aliphatic heterocycles. The van der Waals surface area contributed by atoms with Crippen molar-refractivity contribution in [1.29, 1.82) is 0 Å². The van der Waals surface area contributed by atoms with Gasteiger partial charge in [0.15, 0.2) is 6.61 Å². The van der Waals surface area contributed by atoms with Gasteiger partial charge in [0.05, 0.1) is 29.4 Å². The van der Waals surface area contributed by atoms with Gasteiger partial charge in [0.2, 0.25) is 0 Å². The molecule has 2 heterocycles. The summed E-state index contributed by atoms with van der Waals surface area (Å²) in [6.07, 6.45) is 8.67. The molecule has 0 amide bonds.